The van der Waals surface area contributed by atoms with Crippen LogP contribution < -0.4 is 15.8 Å². The van der Waals surface area contributed by atoms with Gasteiger partial charge >= 0.3 is 0 Å². The van der Waals surface area contributed by atoms with Crippen molar-refractivity contribution in [3.63, 3.8) is 0 Å². The summed E-state index contributed by atoms with van der Waals surface area (Å²) in [4.78, 5) is 40.6. The molecule has 0 unspecified atom stereocenters. The maximum atomic E-state index is 13.6. The largest absolute Gasteiger partial charge is 0.398 e. The number of fused-ring (bicyclic) bond motifs is 1. The summed E-state index contributed by atoms with van der Waals surface area (Å²) < 4.78 is 55.4. The molecule has 0 aliphatic rings. The van der Waals surface area contributed by atoms with E-state index in [9.17, 15) is 31.6 Å². The van der Waals surface area contributed by atoms with Gasteiger partial charge in [-0.25, -0.2) is 21.9 Å². The van der Waals surface area contributed by atoms with Crippen LogP contribution in [-0.4, -0.2) is 44.1 Å². The highest BCUT2D eigenvalue weighted by molar-refractivity contribution is 7.90. The number of rotatable bonds is 10. The van der Waals surface area contributed by atoms with Crippen LogP contribution in [0, 0.1) is 17.6 Å². The lowest BCUT2D eigenvalue weighted by Crippen LogP contribution is -2.46. The molecule has 0 saturated heterocycles. The summed E-state index contributed by atoms with van der Waals surface area (Å²) >= 11 is 0. The Morgan fingerprint density at radius 2 is 1.49 bits per heavy atom. The van der Waals surface area contributed by atoms with Crippen molar-refractivity contribution in [2.24, 2.45) is 5.92 Å². The fourth-order valence-corrected chi connectivity index (χ4v) is 5.62. The van der Waals surface area contributed by atoms with Gasteiger partial charge in [-0.2, -0.15) is 0 Å². The number of sulfonamides is 1. The lowest BCUT2D eigenvalue weighted by atomic mass is 9.97. The van der Waals surface area contributed by atoms with E-state index in [2.05, 4.69) is 10.0 Å². The minimum Gasteiger partial charge on any atom is -0.398 e. The van der Waals surface area contributed by atoms with Gasteiger partial charge in [0, 0.05) is 30.5 Å². The summed E-state index contributed by atoms with van der Waals surface area (Å²) in [5, 5.41) is 4.03. The van der Waals surface area contributed by atoms with E-state index >= 15 is 0 Å². The molecule has 4 aromatic rings. The molecular weight excluding hydrogens is 578 g/mol. The number of halogens is 2. The molecule has 43 heavy (non-hydrogen) atoms. The number of hydrogen-bond acceptors (Lipinski definition) is 6. The van der Waals surface area contributed by atoms with Crippen LogP contribution in [0.25, 0.3) is 10.8 Å². The Morgan fingerprint density at radius 3 is 2.14 bits per heavy atom. The third-order valence-electron chi connectivity index (χ3n) is 6.94. The first kappa shape index (κ1) is 31.1. The molecule has 0 bridgehead atoms. The summed E-state index contributed by atoms with van der Waals surface area (Å²) in [6.07, 6.45) is -0.126. The van der Waals surface area contributed by atoms with Crippen LogP contribution in [0.5, 0.6) is 0 Å². The third kappa shape index (κ3) is 7.15. The zero-order chi connectivity index (χ0) is 31.3. The van der Waals surface area contributed by atoms with Crippen molar-refractivity contribution in [1.29, 1.82) is 0 Å². The van der Waals surface area contributed by atoms with Gasteiger partial charge in [0.05, 0.1) is 10.5 Å². The van der Waals surface area contributed by atoms with Gasteiger partial charge < -0.3 is 16.0 Å². The second-order valence-corrected chi connectivity index (χ2v) is 11.4. The number of amides is 3. The van der Waals surface area contributed by atoms with E-state index in [0.717, 1.165) is 5.39 Å². The van der Waals surface area contributed by atoms with Crippen LogP contribution in [0.4, 0.5) is 20.2 Å². The minimum absolute atomic E-state index is 0.115. The van der Waals surface area contributed by atoms with E-state index in [1.165, 1.54) is 29.2 Å². The van der Waals surface area contributed by atoms with Gasteiger partial charge in [0.15, 0.2) is 11.6 Å². The van der Waals surface area contributed by atoms with Crippen LogP contribution in [0.2, 0.25) is 0 Å². The number of anilines is 2. The number of carbonyl (C=O) groups excluding carboxylic acids is 3. The van der Waals surface area contributed by atoms with Crippen molar-refractivity contribution in [3.05, 3.63) is 102 Å². The van der Waals surface area contributed by atoms with Gasteiger partial charge in [-0.3, -0.25) is 14.4 Å². The Bertz CT molecular complexity index is 1790. The van der Waals surface area contributed by atoms with Gasteiger partial charge in [-0.15, -0.1) is 0 Å². The first-order valence-corrected chi connectivity index (χ1v) is 14.9. The van der Waals surface area contributed by atoms with Crippen LogP contribution in [0.15, 0.2) is 83.8 Å². The van der Waals surface area contributed by atoms with Crippen molar-refractivity contribution >= 4 is 49.9 Å². The highest BCUT2D eigenvalue weighted by Crippen LogP contribution is 2.22. The van der Waals surface area contributed by atoms with Gasteiger partial charge in [0.2, 0.25) is 11.8 Å². The topological polar surface area (TPSA) is 139 Å². The van der Waals surface area contributed by atoms with Crippen molar-refractivity contribution in [1.82, 2.24) is 9.62 Å². The van der Waals surface area contributed by atoms with Crippen molar-refractivity contribution in [2.75, 3.05) is 24.1 Å². The summed E-state index contributed by atoms with van der Waals surface area (Å²) in [5.74, 6) is -6.05. The van der Waals surface area contributed by atoms with E-state index < -0.39 is 45.3 Å². The Morgan fingerprint density at radius 1 is 0.860 bits per heavy atom. The standard InChI is InChI=1S/C31H30F2N4O5S/c1-3-37(4-2)31(40)25(30(39)36-43(41,42)23-14-11-20-7-5-6-8-21(20)16-23)15-19-9-12-22(13-10-19)35-29(38)24-17-26(32)27(33)18-28(24)34/h5-14,16-18,25H,3-4,15,34H2,1-2H3,(H,35,38)(H,36,39)/t25-/m1/s1. The van der Waals surface area contributed by atoms with Crippen LogP contribution in [0.3, 0.4) is 0 Å². The lowest BCUT2D eigenvalue weighted by Gasteiger charge is -2.25. The van der Waals surface area contributed by atoms with E-state index in [1.807, 2.05) is 12.1 Å². The molecule has 4 N–H and O–H groups in total. The molecule has 12 heteroatoms. The normalized spacial score (nSPS) is 12.0. The number of nitrogens with one attached hydrogen (secondary N) is 2. The zero-order valence-electron chi connectivity index (χ0n) is 23.4. The Kier molecular flexibility index (Phi) is 9.40. The highest BCUT2D eigenvalue weighted by Gasteiger charge is 2.33. The SMILES string of the molecule is CCN(CC)C(=O)[C@H](Cc1ccc(NC(=O)c2cc(F)c(F)cc2N)cc1)C(=O)NS(=O)(=O)c1ccc2ccccc2c1. The summed E-state index contributed by atoms with van der Waals surface area (Å²) in [6.45, 7) is 4.13. The molecule has 4 rings (SSSR count). The van der Waals surface area contributed by atoms with Crippen molar-refractivity contribution in [3.8, 4) is 0 Å². The Balaban J connectivity index is 1.54. The second-order valence-electron chi connectivity index (χ2n) is 9.75. The van der Waals surface area contributed by atoms with Gasteiger partial charge in [-0.05, 0) is 66.9 Å². The molecule has 0 radical (unpaired) electrons. The van der Waals surface area contributed by atoms with Gasteiger partial charge in [0.1, 0.15) is 5.92 Å². The summed E-state index contributed by atoms with van der Waals surface area (Å²) in [5.41, 5.74) is 5.95. The van der Waals surface area contributed by atoms with Crippen LogP contribution in [0.1, 0.15) is 29.8 Å². The molecule has 1 atom stereocenters. The van der Waals surface area contributed by atoms with E-state index in [0.29, 0.717) is 36.2 Å². The predicted molar refractivity (Wildman–Crippen MR) is 160 cm³/mol. The average Bonchev–Trinajstić information content (AvgIpc) is 2.98. The Hall–Kier alpha value is -4.84. The third-order valence-corrected chi connectivity index (χ3v) is 8.29. The van der Waals surface area contributed by atoms with E-state index in [4.69, 9.17) is 5.73 Å². The fraction of sp³-hybridized carbons (Fsp3) is 0.194. The number of carbonyl (C=O) groups is 3. The van der Waals surface area contributed by atoms with E-state index in [1.54, 1.807) is 44.2 Å². The van der Waals surface area contributed by atoms with Crippen LogP contribution in [-0.2, 0) is 26.0 Å². The second kappa shape index (κ2) is 13.0. The number of nitrogen functional groups attached to an aromatic ring is 1. The molecule has 0 spiro atoms. The number of nitrogens with two attached hydrogens (primary N) is 1. The molecule has 0 aromatic heterocycles. The molecule has 0 aliphatic carbocycles. The molecule has 0 heterocycles. The van der Waals surface area contributed by atoms with Crippen molar-refractivity contribution in [2.45, 2.75) is 25.2 Å². The molecule has 0 saturated carbocycles. The maximum absolute atomic E-state index is 13.6. The quantitative estimate of drug-likeness (QED) is 0.179. The molecule has 4 aromatic carbocycles. The number of nitrogens with zero attached hydrogens (tertiary/aromatic N) is 1. The molecular formula is C31H30F2N4O5S. The highest BCUT2D eigenvalue weighted by atomic mass is 32.2. The molecule has 3 amide bonds. The van der Waals surface area contributed by atoms with Crippen LogP contribution >= 0.6 is 0 Å². The van der Waals surface area contributed by atoms with Crippen molar-refractivity contribution < 1.29 is 31.6 Å². The maximum Gasteiger partial charge on any atom is 0.264 e. The fourth-order valence-electron chi connectivity index (χ4n) is 4.56. The minimum atomic E-state index is -4.30. The monoisotopic (exact) mass is 608 g/mol. The number of hydrogen-bond donors (Lipinski definition) is 3. The average molecular weight is 609 g/mol. The molecule has 0 aliphatic heterocycles. The van der Waals surface area contributed by atoms with Gasteiger partial charge in [0.25, 0.3) is 15.9 Å². The predicted octanol–water partition coefficient (Wildman–Crippen LogP) is 4.48. The van der Waals surface area contributed by atoms with Gasteiger partial charge in [-0.1, -0.05) is 42.5 Å². The first-order valence-electron chi connectivity index (χ1n) is 13.4. The first-order chi connectivity index (χ1) is 20.4. The summed E-state index contributed by atoms with van der Waals surface area (Å²) in [6, 6.07) is 19.2. The number of benzene rings is 4. The zero-order valence-corrected chi connectivity index (χ0v) is 24.3. The molecule has 9 nitrogen and oxygen atoms in total. The summed E-state index contributed by atoms with van der Waals surface area (Å²) in [7, 11) is -4.30. The molecule has 0 fully saturated rings. The van der Waals surface area contributed by atoms with E-state index in [-0.39, 0.29) is 28.3 Å². The lowest BCUT2D eigenvalue weighted by molar-refractivity contribution is -0.141. The smallest absolute Gasteiger partial charge is 0.264 e. The Labute approximate surface area is 247 Å². The molecule has 224 valence electrons.